The number of nitrogens with zero attached hydrogens (tertiary/aromatic N) is 2. The fraction of sp³-hybridized carbons (Fsp3) is 0.188. The van der Waals surface area contributed by atoms with E-state index in [4.69, 9.17) is 11.6 Å². The Morgan fingerprint density at radius 3 is 2.32 bits per heavy atom. The van der Waals surface area contributed by atoms with Gasteiger partial charge in [-0.15, -0.1) is 0 Å². The summed E-state index contributed by atoms with van der Waals surface area (Å²) in [5.41, 5.74) is -0.0137. The monoisotopic (exact) mass is 363 g/mol. The molecule has 0 aliphatic carbocycles. The summed E-state index contributed by atoms with van der Waals surface area (Å²) in [6.07, 6.45) is 0.527. The standard InChI is InChI=1S/C16H14ClN3O5/c1-10-14(8-13(19(22)23)9-15(10)20(24)25)16(21)18-7-6-11-2-4-12(17)5-3-11/h2-5,8-9H,6-7H2,1H3,(H,18,21). The van der Waals surface area contributed by atoms with Crippen LogP contribution in [0.2, 0.25) is 5.02 Å². The first-order valence-corrected chi connectivity index (χ1v) is 7.63. The van der Waals surface area contributed by atoms with E-state index in [0.717, 1.165) is 17.7 Å². The topological polar surface area (TPSA) is 115 Å². The molecule has 0 radical (unpaired) electrons. The van der Waals surface area contributed by atoms with Crippen molar-refractivity contribution in [2.45, 2.75) is 13.3 Å². The Hall–Kier alpha value is -3.00. The Bertz CT molecular complexity index is 836. The van der Waals surface area contributed by atoms with Crippen LogP contribution in [0.15, 0.2) is 36.4 Å². The molecule has 0 aliphatic heterocycles. The second-order valence-corrected chi connectivity index (χ2v) is 5.72. The van der Waals surface area contributed by atoms with Gasteiger partial charge in [0.05, 0.1) is 21.5 Å². The number of nitro groups is 2. The summed E-state index contributed by atoms with van der Waals surface area (Å²) in [6.45, 7) is 1.66. The van der Waals surface area contributed by atoms with Gasteiger partial charge in [-0.1, -0.05) is 23.7 Å². The predicted molar refractivity (Wildman–Crippen MR) is 92.0 cm³/mol. The summed E-state index contributed by atoms with van der Waals surface area (Å²) in [5, 5.41) is 25.2. The number of amides is 1. The Morgan fingerprint density at radius 2 is 1.76 bits per heavy atom. The summed E-state index contributed by atoms with van der Waals surface area (Å²) in [6, 6.07) is 8.98. The number of benzene rings is 2. The van der Waals surface area contributed by atoms with Crippen molar-refractivity contribution in [2.75, 3.05) is 6.54 Å². The van der Waals surface area contributed by atoms with Gasteiger partial charge in [-0.2, -0.15) is 0 Å². The maximum Gasteiger partial charge on any atom is 0.279 e. The van der Waals surface area contributed by atoms with E-state index in [-0.39, 0.29) is 17.7 Å². The van der Waals surface area contributed by atoms with Crippen LogP contribution in [0.25, 0.3) is 0 Å². The lowest BCUT2D eigenvalue weighted by atomic mass is 10.0. The van der Waals surface area contributed by atoms with E-state index in [2.05, 4.69) is 5.32 Å². The zero-order valence-electron chi connectivity index (χ0n) is 13.2. The summed E-state index contributed by atoms with van der Waals surface area (Å²) in [5.74, 6) is -0.599. The number of halogens is 1. The Kier molecular flexibility index (Phi) is 5.66. The van der Waals surface area contributed by atoms with Crippen LogP contribution in [0.5, 0.6) is 0 Å². The fourth-order valence-electron chi connectivity index (χ4n) is 2.28. The fourth-order valence-corrected chi connectivity index (χ4v) is 2.41. The summed E-state index contributed by atoms with van der Waals surface area (Å²) in [4.78, 5) is 32.7. The Morgan fingerprint density at radius 1 is 1.12 bits per heavy atom. The van der Waals surface area contributed by atoms with Crippen LogP contribution in [0.4, 0.5) is 11.4 Å². The van der Waals surface area contributed by atoms with Gasteiger partial charge >= 0.3 is 0 Å². The van der Waals surface area contributed by atoms with Gasteiger partial charge in [0.2, 0.25) is 0 Å². The van der Waals surface area contributed by atoms with Gasteiger partial charge in [0.25, 0.3) is 17.3 Å². The molecule has 2 aromatic carbocycles. The first-order chi connectivity index (χ1) is 11.8. The molecule has 1 N–H and O–H groups in total. The molecule has 8 nitrogen and oxygen atoms in total. The van der Waals surface area contributed by atoms with Gasteiger partial charge in [0.15, 0.2) is 0 Å². The van der Waals surface area contributed by atoms with Crippen LogP contribution in [-0.2, 0) is 6.42 Å². The third-order valence-electron chi connectivity index (χ3n) is 3.63. The molecule has 0 spiro atoms. The van der Waals surface area contributed by atoms with Crippen molar-refractivity contribution < 1.29 is 14.6 Å². The molecule has 0 unspecified atom stereocenters. The molecule has 2 aromatic rings. The average Bonchev–Trinajstić information content (AvgIpc) is 2.56. The highest BCUT2D eigenvalue weighted by molar-refractivity contribution is 6.30. The summed E-state index contributed by atoms with van der Waals surface area (Å²) in [7, 11) is 0. The number of non-ortho nitro benzene ring substituents is 1. The van der Waals surface area contributed by atoms with Crippen molar-refractivity contribution in [3.63, 3.8) is 0 Å². The molecule has 0 heterocycles. The largest absolute Gasteiger partial charge is 0.352 e. The van der Waals surface area contributed by atoms with Gasteiger partial charge < -0.3 is 5.32 Å². The number of hydrogen-bond donors (Lipinski definition) is 1. The van der Waals surface area contributed by atoms with Gasteiger partial charge in [-0.3, -0.25) is 25.0 Å². The van der Waals surface area contributed by atoms with E-state index < -0.39 is 27.1 Å². The highest BCUT2D eigenvalue weighted by atomic mass is 35.5. The van der Waals surface area contributed by atoms with Crippen molar-refractivity contribution in [3.05, 3.63) is 78.3 Å². The average molecular weight is 364 g/mol. The lowest BCUT2D eigenvalue weighted by molar-refractivity contribution is -0.394. The SMILES string of the molecule is Cc1c(C(=O)NCCc2ccc(Cl)cc2)cc([N+](=O)[O-])cc1[N+](=O)[O-]. The van der Waals surface area contributed by atoms with Gasteiger partial charge in [0, 0.05) is 23.2 Å². The van der Waals surface area contributed by atoms with Crippen LogP contribution in [-0.4, -0.2) is 22.3 Å². The first kappa shape index (κ1) is 18.3. The van der Waals surface area contributed by atoms with Crippen molar-refractivity contribution in [1.29, 1.82) is 0 Å². The van der Waals surface area contributed by atoms with Crippen molar-refractivity contribution in [3.8, 4) is 0 Å². The third-order valence-corrected chi connectivity index (χ3v) is 3.88. The number of carbonyl (C=O) groups excluding carboxylic acids is 1. The van der Waals surface area contributed by atoms with Crippen molar-refractivity contribution >= 4 is 28.9 Å². The molecule has 25 heavy (non-hydrogen) atoms. The molecular formula is C16H14ClN3O5. The number of nitrogens with one attached hydrogen (secondary N) is 1. The van der Waals surface area contributed by atoms with Crippen LogP contribution in [0, 0.1) is 27.2 Å². The minimum Gasteiger partial charge on any atom is -0.352 e. The number of nitro benzene ring substituents is 2. The quantitative estimate of drug-likeness (QED) is 0.623. The lowest BCUT2D eigenvalue weighted by Crippen LogP contribution is -2.26. The zero-order valence-corrected chi connectivity index (χ0v) is 13.9. The van der Waals surface area contributed by atoms with Crippen LogP contribution in [0.1, 0.15) is 21.5 Å². The zero-order chi connectivity index (χ0) is 18.6. The number of rotatable bonds is 6. The van der Waals surface area contributed by atoms with E-state index in [1.807, 2.05) is 12.1 Å². The second kappa shape index (κ2) is 7.71. The molecule has 0 atom stereocenters. The Balaban J connectivity index is 2.16. The molecule has 1 amide bonds. The van der Waals surface area contributed by atoms with E-state index in [0.29, 0.717) is 11.4 Å². The van der Waals surface area contributed by atoms with E-state index in [1.54, 1.807) is 12.1 Å². The molecule has 0 saturated heterocycles. The molecule has 0 aromatic heterocycles. The highest BCUT2D eigenvalue weighted by Gasteiger charge is 2.24. The maximum atomic E-state index is 12.3. The normalized spacial score (nSPS) is 10.3. The van der Waals surface area contributed by atoms with Gasteiger partial charge in [-0.25, -0.2) is 0 Å². The molecule has 9 heteroatoms. The van der Waals surface area contributed by atoms with Crippen molar-refractivity contribution in [2.24, 2.45) is 0 Å². The molecule has 0 bridgehead atoms. The smallest absolute Gasteiger partial charge is 0.279 e. The minimum atomic E-state index is -0.767. The molecule has 0 saturated carbocycles. The van der Waals surface area contributed by atoms with E-state index >= 15 is 0 Å². The second-order valence-electron chi connectivity index (χ2n) is 5.28. The molecular weight excluding hydrogens is 350 g/mol. The van der Waals surface area contributed by atoms with Gasteiger partial charge in [0.1, 0.15) is 0 Å². The molecule has 0 fully saturated rings. The van der Waals surface area contributed by atoms with E-state index in [9.17, 15) is 25.0 Å². The minimum absolute atomic E-state index is 0.0830. The lowest BCUT2D eigenvalue weighted by Gasteiger charge is -2.08. The van der Waals surface area contributed by atoms with E-state index in [1.165, 1.54) is 6.92 Å². The van der Waals surface area contributed by atoms with Crippen LogP contribution >= 0.6 is 11.6 Å². The molecule has 130 valence electrons. The summed E-state index contributed by atoms with van der Waals surface area (Å²) >= 11 is 5.79. The first-order valence-electron chi connectivity index (χ1n) is 7.25. The number of carbonyl (C=O) groups is 1. The predicted octanol–water partition coefficient (Wildman–Crippen LogP) is 3.44. The Labute approximate surface area is 147 Å². The third kappa shape index (κ3) is 4.51. The molecule has 0 aliphatic rings. The van der Waals surface area contributed by atoms with Gasteiger partial charge in [-0.05, 0) is 31.0 Å². The molecule has 2 rings (SSSR count). The summed E-state index contributed by atoms with van der Waals surface area (Å²) < 4.78 is 0. The number of hydrogen-bond acceptors (Lipinski definition) is 5. The van der Waals surface area contributed by atoms with Crippen molar-refractivity contribution in [1.82, 2.24) is 5.32 Å². The highest BCUT2D eigenvalue weighted by Crippen LogP contribution is 2.27. The van der Waals surface area contributed by atoms with Crippen LogP contribution in [0.3, 0.4) is 0 Å². The maximum absolute atomic E-state index is 12.3. The van der Waals surface area contributed by atoms with Crippen LogP contribution < -0.4 is 5.32 Å².